The highest BCUT2D eigenvalue weighted by Gasteiger charge is 2.60. The maximum atomic E-state index is 12.9. The Bertz CT molecular complexity index is 921. The molecule has 1 fully saturated rings. The van der Waals surface area contributed by atoms with Crippen LogP contribution in [0.25, 0.3) is 0 Å². The van der Waals surface area contributed by atoms with E-state index in [9.17, 15) is 20.0 Å². The average Bonchev–Trinajstić information content (AvgIpc) is 3.49. The fraction of sp³-hybridized carbons (Fsp3) is 0.350. The molecule has 2 N–H and O–H groups in total. The Morgan fingerprint density at radius 2 is 1.83 bits per heavy atom. The number of hydrogen-bond donors (Lipinski definition) is 2. The van der Waals surface area contributed by atoms with Gasteiger partial charge in [-0.2, -0.15) is 0 Å². The van der Waals surface area contributed by atoms with Crippen molar-refractivity contribution in [1.82, 2.24) is 0 Å². The number of amides is 1. The molecule has 0 bridgehead atoms. The number of para-hydroxylation sites is 2. The molecule has 2 aromatic carbocycles. The van der Waals surface area contributed by atoms with Crippen LogP contribution in [0.4, 0.5) is 11.4 Å². The first-order chi connectivity index (χ1) is 13.9. The largest absolute Gasteiger partial charge is 0.493 e. The van der Waals surface area contributed by atoms with E-state index in [4.69, 9.17) is 14.2 Å². The maximum absolute atomic E-state index is 12.9. The second-order valence-electron chi connectivity index (χ2n) is 6.76. The molecule has 2 unspecified atom stereocenters. The van der Waals surface area contributed by atoms with Crippen LogP contribution in [0.5, 0.6) is 17.2 Å². The van der Waals surface area contributed by atoms with E-state index in [1.807, 2.05) is 0 Å². The molecule has 154 valence electrons. The Hall–Kier alpha value is -3.33. The first-order valence-corrected chi connectivity index (χ1v) is 8.87. The number of aliphatic hydroxyl groups is 1. The quantitative estimate of drug-likeness (QED) is 0.514. The summed E-state index contributed by atoms with van der Waals surface area (Å²) in [5.74, 6) is 0.537. The van der Waals surface area contributed by atoms with Gasteiger partial charge < -0.3 is 24.6 Å². The number of nitro benzene ring substituents is 1. The molecule has 0 radical (unpaired) electrons. The number of hydrogen-bond acceptors (Lipinski definition) is 7. The van der Waals surface area contributed by atoms with Crippen LogP contribution >= 0.6 is 0 Å². The zero-order chi connectivity index (χ0) is 21.2. The Morgan fingerprint density at radius 3 is 2.34 bits per heavy atom. The molecule has 1 aliphatic carbocycles. The topological polar surface area (TPSA) is 120 Å². The Kier molecular flexibility index (Phi) is 5.60. The molecule has 1 aliphatic rings. The third-order valence-corrected chi connectivity index (χ3v) is 5.25. The number of aliphatic hydroxyl groups excluding tert-OH is 1. The summed E-state index contributed by atoms with van der Waals surface area (Å²) in [6.07, 6.45) is 0.384. The van der Waals surface area contributed by atoms with Crippen LogP contribution in [0.1, 0.15) is 17.9 Å². The monoisotopic (exact) mass is 402 g/mol. The lowest BCUT2D eigenvalue weighted by Crippen LogP contribution is -2.29. The highest BCUT2D eigenvalue weighted by Crippen LogP contribution is 2.61. The van der Waals surface area contributed by atoms with E-state index >= 15 is 0 Å². The van der Waals surface area contributed by atoms with Gasteiger partial charge in [0.25, 0.3) is 5.69 Å². The summed E-state index contributed by atoms with van der Waals surface area (Å²) < 4.78 is 16.0. The van der Waals surface area contributed by atoms with Gasteiger partial charge in [0.15, 0.2) is 11.5 Å². The Labute approximate surface area is 167 Å². The molecule has 2 atom stereocenters. The molecular formula is C20H22N2O7. The summed E-state index contributed by atoms with van der Waals surface area (Å²) in [7, 11) is 4.48. The van der Waals surface area contributed by atoms with E-state index in [2.05, 4.69) is 5.32 Å². The molecule has 29 heavy (non-hydrogen) atoms. The van der Waals surface area contributed by atoms with Crippen molar-refractivity contribution in [2.24, 2.45) is 5.41 Å². The van der Waals surface area contributed by atoms with Gasteiger partial charge in [0.1, 0.15) is 5.69 Å². The Morgan fingerprint density at radius 1 is 1.21 bits per heavy atom. The van der Waals surface area contributed by atoms with Crippen molar-refractivity contribution in [3.63, 3.8) is 0 Å². The van der Waals surface area contributed by atoms with E-state index in [-0.39, 0.29) is 17.3 Å². The van der Waals surface area contributed by atoms with Gasteiger partial charge in [-0.15, -0.1) is 0 Å². The second kappa shape index (κ2) is 7.96. The fourth-order valence-electron chi connectivity index (χ4n) is 3.53. The molecule has 9 heteroatoms. The van der Waals surface area contributed by atoms with Crippen LogP contribution in [0.3, 0.4) is 0 Å². The number of carbonyl (C=O) groups is 1. The first-order valence-electron chi connectivity index (χ1n) is 8.87. The zero-order valence-electron chi connectivity index (χ0n) is 16.3. The number of rotatable bonds is 8. The van der Waals surface area contributed by atoms with Gasteiger partial charge in [-0.05, 0) is 30.2 Å². The summed E-state index contributed by atoms with van der Waals surface area (Å²) in [5, 5.41) is 23.8. The van der Waals surface area contributed by atoms with E-state index < -0.39 is 22.9 Å². The number of methoxy groups -OCH3 is 3. The van der Waals surface area contributed by atoms with Crippen LogP contribution in [0.15, 0.2) is 36.4 Å². The maximum Gasteiger partial charge on any atom is 0.292 e. The predicted octanol–water partition coefficient (Wildman–Crippen LogP) is 2.73. The minimum absolute atomic E-state index is 0.0888. The molecule has 9 nitrogen and oxygen atoms in total. The van der Waals surface area contributed by atoms with Gasteiger partial charge in [0, 0.05) is 12.0 Å². The number of anilines is 1. The van der Waals surface area contributed by atoms with E-state index in [1.165, 1.54) is 39.5 Å². The van der Waals surface area contributed by atoms with Crippen molar-refractivity contribution in [1.29, 1.82) is 0 Å². The number of carbonyl (C=O) groups excluding carboxylic acids is 1. The van der Waals surface area contributed by atoms with Crippen molar-refractivity contribution >= 4 is 17.3 Å². The summed E-state index contributed by atoms with van der Waals surface area (Å²) in [6.45, 7) is -0.402. The molecule has 0 aliphatic heterocycles. The van der Waals surface area contributed by atoms with Gasteiger partial charge in [0.05, 0.1) is 38.3 Å². The first kappa shape index (κ1) is 20.4. The molecule has 1 amide bonds. The lowest BCUT2D eigenvalue weighted by atomic mass is 9.98. The van der Waals surface area contributed by atoms with E-state index in [0.29, 0.717) is 23.7 Å². The highest BCUT2D eigenvalue weighted by molar-refractivity contribution is 6.00. The number of nitrogens with one attached hydrogen (secondary N) is 1. The smallest absolute Gasteiger partial charge is 0.292 e. The zero-order valence-corrected chi connectivity index (χ0v) is 16.3. The van der Waals surface area contributed by atoms with E-state index in [0.717, 1.165) is 5.56 Å². The highest BCUT2D eigenvalue weighted by atomic mass is 16.6. The lowest BCUT2D eigenvalue weighted by Gasteiger charge is -2.17. The molecule has 2 aromatic rings. The van der Waals surface area contributed by atoms with Crippen molar-refractivity contribution in [2.75, 3.05) is 33.3 Å². The average molecular weight is 402 g/mol. The molecule has 1 saturated carbocycles. The van der Waals surface area contributed by atoms with Crippen molar-refractivity contribution < 1.29 is 29.0 Å². The Balaban J connectivity index is 1.90. The summed E-state index contributed by atoms with van der Waals surface area (Å²) in [5.41, 5.74) is -0.468. The van der Waals surface area contributed by atoms with Crippen molar-refractivity contribution in [2.45, 2.75) is 12.3 Å². The van der Waals surface area contributed by atoms with E-state index in [1.54, 1.807) is 18.2 Å². The molecule has 0 saturated heterocycles. The molecule has 3 rings (SSSR count). The molecular weight excluding hydrogens is 380 g/mol. The number of nitrogens with zero attached hydrogens (tertiary/aromatic N) is 1. The van der Waals surface area contributed by atoms with Crippen LogP contribution in [-0.4, -0.2) is 43.9 Å². The second-order valence-corrected chi connectivity index (χ2v) is 6.76. The normalized spacial score (nSPS) is 19.9. The van der Waals surface area contributed by atoms with Crippen LogP contribution in [0, 0.1) is 15.5 Å². The van der Waals surface area contributed by atoms with Gasteiger partial charge in [-0.1, -0.05) is 12.1 Å². The molecule has 0 aromatic heterocycles. The third-order valence-electron chi connectivity index (χ3n) is 5.25. The summed E-state index contributed by atoms with van der Waals surface area (Å²) in [6, 6.07) is 9.36. The van der Waals surface area contributed by atoms with Gasteiger partial charge in [0.2, 0.25) is 11.7 Å². The van der Waals surface area contributed by atoms with Crippen LogP contribution in [-0.2, 0) is 4.79 Å². The minimum atomic E-state index is -1.09. The predicted molar refractivity (Wildman–Crippen MR) is 105 cm³/mol. The van der Waals surface area contributed by atoms with Crippen LogP contribution in [0.2, 0.25) is 0 Å². The van der Waals surface area contributed by atoms with Crippen molar-refractivity contribution in [3.05, 3.63) is 52.1 Å². The third kappa shape index (κ3) is 3.56. The number of benzene rings is 2. The van der Waals surface area contributed by atoms with Gasteiger partial charge in [-0.25, -0.2) is 0 Å². The minimum Gasteiger partial charge on any atom is -0.493 e. The molecule has 0 heterocycles. The van der Waals surface area contributed by atoms with Gasteiger partial charge >= 0.3 is 0 Å². The van der Waals surface area contributed by atoms with Crippen molar-refractivity contribution in [3.8, 4) is 17.2 Å². The standard InChI is InChI=1S/C20H22N2O7/c1-27-16-8-12(9-17(28-2)18(16)29-3)13-10-20(13,11-23)19(24)21-14-6-4-5-7-15(14)22(25)26/h4-9,13,23H,10-11H2,1-3H3,(H,21,24). The molecule has 0 spiro atoms. The summed E-state index contributed by atoms with van der Waals surface area (Å²) in [4.78, 5) is 23.6. The number of ether oxygens (including phenoxy) is 3. The lowest BCUT2D eigenvalue weighted by molar-refractivity contribution is -0.383. The number of nitro groups is 1. The van der Waals surface area contributed by atoms with Crippen LogP contribution < -0.4 is 19.5 Å². The van der Waals surface area contributed by atoms with Gasteiger partial charge in [-0.3, -0.25) is 14.9 Å². The fourth-order valence-corrected chi connectivity index (χ4v) is 3.53. The SMILES string of the molecule is COc1cc(C2CC2(CO)C(=O)Nc2ccccc2[N+](=O)[O-])cc(OC)c1OC. The summed E-state index contributed by atoms with van der Waals surface area (Å²) >= 11 is 0.